The lowest BCUT2D eigenvalue weighted by atomic mass is 9.56. The number of hydrogen-bond donors (Lipinski definition) is 0. The van der Waals surface area contributed by atoms with Crippen LogP contribution in [0.25, 0.3) is 0 Å². The Labute approximate surface area is 115 Å². The average Bonchev–Trinajstić information content (AvgIpc) is 2.41. The van der Waals surface area contributed by atoms with Crippen molar-refractivity contribution in [1.82, 2.24) is 4.90 Å². The number of carbonyl (C=O) groups excluding carboxylic acids is 1. The van der Waals surface area contributed by atoms with Gasteiger partial charge in [-0.2, -0.15) is 0 Å². The van der Waals surface area contributed by atoms with E-state index < -0.39 is 0 Å². The molecule has 1 aromatic rings. The monoisotopic (exact) mass is 305 g/mol. The van der Waals surface area contributed by atoms with E-state index in [2.05, 4.69) is 33.0 Å². The molecule has 1 aliphatic carbocycles. The van der Waals surface area contributed by atoms with Crippen LogP contribution in [0.2, 0.25) is 0 Å². The molecule has 1 atom stereocenters. The molecular formula is C15H16BrNO. The molecule has 2 nitrogen and oxygen atoms in total. The number of hydrogen-bond acceptors (Lipinski definition) is 2. The fraction of sp³-hybridized carbons (Fsp3) is 0.533. The van der Waals surface area contributed by atoms with Crippen molar-refractivity contribution in [3.63, 3.8) is 0 Å². The molecule has 5 rings (SSSR count). The summed E-state index contributed by atoms with van der Waals surface area (Å²) in [5, 5.41) is 0. The molecule has 1 spiro atoms. The minimum atomic E-state index is -0.0253. The van der Waals surface area contributed by atoms with Crippen LogP contribution in [0, 0.1) is 11.3 Å². The minimum Gasteiger partial charge on any atom is -0.303 e. The number of halogens is 1. The topological polar surface area (TPSA) is 20.3 Å². The summed E-state index contributed by atoms with van der Waals surface area (Å²) in [6.45, 7) is 3.36. The van der Waals surface area contributed by atoms with Crippen LogP contribution < -0.4 is 0 Å². The zero-order chi connectivity index (χ0) is 12.3. The molecule has 1 unspecified atom stereocenters. The molecule has 4 aliphatic rings. The molecule has 0 saturated carbocycles. The van der Waals surface area contributed by atoms with Gasteiger partial charge < -0.3 is 4.90 Å². The fourth-order valence-corrected chi connectivity index (χ4v) is 4.53. The van der Waals surface area contributed by atoms with Crippen molar-refractivity contribution in [2.45, 2.75) is 19.3 Å². The van der Waals surface area contributed by atoms with Crippen molar-refractivity contribution in [3.8, 4) is 0 Å². The molecule has 1 aromatic carbocycles. The maximum absolute atomic E-state index is 12.9. The Balaban J connectivity index is 1.86. The number of ketones is 1. The first-order valence-electron chi connectivity index (χ1n) is 6.75. The molecular weight excluding hydrogens is 290 g/mol. The van der Waals surface area contributed by atoms with Crippen LogP contribution in [-0.4, -0.2) is 30.3 Å². The molecule has 3 heteroatoms. The third-order valence-corrected chi connectivity index (χ3v) is 5.74. The molecule has 18 heavy (non-hydrogen) atoms. The first kappa shape index (κ1) is 11.2. The van der Waals surface area contributed by atoms with Gasteiger partial charge in [0.25, 0.3) is 0 Å². The number of rotatable bonds is 0. The number of fused-ring (bicyclic) bond motifs is 3. The van der Waals surface area contributed by atoms with Crippen LogP contribution in [0.3, 0.4) is 0 Å². The Morgan fingerprint density at radius 2 is 2.06 bits per heavy atom. The molecule has 3 aliphatic heterocycles. The first-order valence-corrected chi connectivity index (χ1v) is 7.54. The van der Waals surface area contributed by atoms with Gasteiger partial charge >= 0.3 is 0 Å². The van der Waals surface area contributed by atoms with Gasteiger partial charge in [0.15, 0.2) is 5.78 Å². The highest BCUT2D eigenvalue weighted by Gasteiger charge is 2.54. The van der Waals surface area contributed by atoms with Gasteiger partial charge in [0.1, 0.15) is 0 Å². The van der Waals surface area contributed by atoms with Gasteiger partial charge in [-0.1, -0.05) is 22.0 Å². The van der Waals surface area contributed by atoms with Gasteiger partial charge in [-0.3, -0.25) is 4.79 Å². The summed E-state index contributed by atoms with van der Waals surface area (Å²) in [5.74, 6) is 0.982. The Bertz CT molecular complexity index is 531. The lowest BCUT2D eigenvalue weighted by Gasteiger charge is -2.55. The van der Waals surface area contributed by atoms with Crippen LogP contribution in [0.1, 0.15) is 28.8 Å². The molecule has 3 heterocycles. The summed E-state index contributed by atoms with van der Waals surface area (Å²) >= 11 is 3.49. The van der Waals surface area contributed by atoms with E-state index in [-0.39, 0.29) is 5.41 Å². The quantitative estimate of drug-likeness (QED) is 0.734. The van der Waals surface area contributed by atoms with Crippen LogP contribution in [0.4, 0.5) is 0 Å². The highest BCUT2D eigenvalue weighted by molar-refractivity contribution is 9.10. The number of benzene rings is 1. The van der Waals surface area contributed by atoms with E-state index in [4.69, 9.17) is 0 Å². The molecule has 0 amide bonds. The number of carbonyl (C=O) groups is 1. The predicted molar refractivity (Wildman–Crippen MR) is 73.8 cm³/mol. The van der Waals surface area contributed by atoms with Gasteiger partial charge in [0, 0.05) is 22.0 Å². The molecule has 0 radical (unpaired) electrons. The Morgan fingerprint density at radius 1 is 1.28 bits per heavy atom. The Kier molecular flexibility index (Phi) is 2.28. The maximum Gasteiger partial charge on any atom is 0.169 e. The lowest BCUT2D eigenvalue weighted by molar-refractivity contribution is -0.0218. The number of Topliss-reactive ketones (excluding diaryl/α,β-unsaturated/α-hetero) is 1. The van der Waals surface area contributed by atoms with Gasteiger partial charge in [-0.15, -0.1) is 0 Å². The summed E-state index contributed by atoms with van der Waals surface area (Å²) in [4.78, 5) is 15.5. The molecule has 3 saturated heterocycles. The van der Waals surface area contributed by atoms with Crippen LogP contribution in [0.5, 0.6) is 0 Å². The van der Waals surface area contributed by atoms with Gasteiger partial charge in [-0.05, 0) is 56.0 Å². The average molecular weight is 306 g/mol. The highest BCUT2D eigenvalue weighted by Crippen LogP contribution is 2.51. The van der Waals surface area contributed by atoms with Gasteiger partial charge in [-0.25, -0.2) is 0 Å². The van der Waals surface area contributed by atoms with Crippen molar-refractivity contribution >= 4 is 21.7 Å². The first-order chi connectivity index (χ1) is 8.69. The summed E-state index contributed by atoms with van der Waals surface area (Å²) in [5.41, 5.74) is 2.21. The van der Waals surface area contributed by atoms with E-state index in [1.807, 2.05) is 6.07 Å². The number of piperidine rings is 3. The second-order valence-corrected chi connectivity index (χ2v) is 6.90. The smallest absolute Gasteiger partial charge is 0.169 e. The minimum absolute atomic E-state index is 0.0253. The van der Waals surface area contributed by atoms with Crippen molar-refractivity contribution in [3.05, 3.63) is 33.8 Å². The van der Waals surface area contributed by atoms with Crippen molar-refractivity contribution in [2.75, 3.05) is 19.6 Å². The van der Waals surface area contributed by atoms with E-state index >= 15 is 0 Å². The summed E-state index contributed by atoms with van der Waals surface area (Å²) in [6, 6.07) is 6.22. The van der Waals surface area contributed by atoms with Crippen LogP contribution in [-0.2, 0) is 6.42 Å². The zero-order valence-electron chi connectivity index (χ0n) is 10.3. The normalized spacial score (nSPS) is 37.3. The second kappa shape index (κ2) is 3.67. The zero-order valence-corrected chi connectivity index (χ0v) is 11.9. The van der Waals surface area contributed by atoms with E-state index in [1.54, 1.807) is 0 Å². The summed E-state index contributed by atoms with van der Waals surface area (Å²) < 4.78 is 1.03. The van der Waals surface area contributed by atoms with E-state index in [9.17, 15) is 4.79 Å². The van der Waals surface area contributed by atoms with Gasteiger partial charge in [0.05, 0.1) is 0 Å². The maximum atomic E-state index is 12.9. The molecule has 2 bridgehead atoms. The van der Waals surface area contributed by atoms with E-state index in [0.717, 1.165) is 48.9 Å². The van der Waals surface area contributed by atoms with E-state index in [1.165, 1.54) is 5.56 Å². The van der Waals surface area contributed by atoms with Crippen molar-refractivity contribution in [1.29, 1.82) is 0 Å². The van der Waals surface area contributed by atoms with Gasteiger partial charge in [0.2, 0.25) is 0 Å². The second-order valence-electron chi connectivity index (χ2n) is 5.99. The third kappa shape index (κ3) is 1.35. The lowest BCUT2D eigenvalue weighted by Crippen LogP contribution is -2.60. The largest absolute Gasteiger partial charge is 0.303 e. The highest BCUT2D eigenvalue weighted by atomic mass is 79.9. The van der Waals surface area contributed by atoms with Crippen molar-refractivity contribution in [2.24, 2.45) is 11.3 Å². The Hall–Kier alpha value is -0.670. The van der Waals surface area contributed by atoms with Crippen LogP contribution >= 0.6 is 15.9 Å². The standard InChI is InChI=1S/C15H16BrNO/c16-12-2-1-10-7-11-9-17-5-3-15(11,4-6-17)14(18)13(10)8-12/h1-2,8,11H,3-7,9H2. The third-order valence-electron chi connectivity index (χ3n) is 5.24. The molecule has 0 aromatic heterocycles. The van der Waals surface area contributed by atoms with Crippen LogP contribution in [0.15, 0.2) is 22.7 Å². The molecule has 3 fully saturated rings. The van der Waals surface area contributed by atoms with Crippen molar-refractivity contribution < 1.29 is 4.79 Å². The summed E-state index contributed by atoms with van der Waals surface area (Å²) in [7, 11) is 0. The predicted octanol–water partition coefficient (Wildman–Crippen LogP) is 2.90. The molecule has 0 N–H and O–H groups in total. The SMILES string of the molecule is O=C1c2cc(Br)ccc2CC2CN3CCC12CC3. The fourth-order valence-electron chi connectivity index (χ4n) is 4.17. The summed E-state index contributed by atoms with van der Waals surface area (Å²) in [6.07, 6.45) is 3.23. The van der Waals surface area contributed by atoms with E-state index in [0.29, 0.717) is 11.7 Å². The number of nitrogens with zero attached hydrogens (tertiary/aromatic N) is 1. The molecule has 94 valence electrons. The Morgan fingerprint density at radius 3 is 2.83 bits per heavy atom.